The van der Waals surface area contributed by atoms with E-state index in [-0.39, 0.29) is 35.3 Å². The molecule has 1 N–H and O–H groups in total. The third-order valence-corrected chi connectivity index (χ3v) is 9.90. The lowest BCUT2D eigenvalue weighted by Crippen LogP contribution is -2.54. The Morgan fingerprint density at radius 2 is 1.52 bits per heavy atom. The lowest BCUT2D eigenvalue weighted by Gasteiger charge is -2.34. The van der Waals surface area contributed by atoms with Gasteiger partial charge in [-0.2, -0.15) is 0 Å². The number of hydrogen-bond acceptors (Lipinski definition) is 6. The fourth-order valence-electron chi connectivity index (χ4n) is 5.02. The first-order valence-electron chi connectivity index (χ1n) is 15.3. The lowest BCUT2D eigenvalue weighted by atomic mass is 10.0. The number of carbonyl (C=O) groups is 2. The highest BCUT2D eigenvalue weighted by Crippen LogP contribution is 2.33. The van der Waals surface area contributed by atoms with Crippen LogP contribution in [0.1, 0.15) is 31.4 Å². The summed E-state index contributed by atoms with van der Waals surface area (Å²) in [6.07, 6.45) is 0.809. The van der Waals surface area contributed by atoms with Crippen LogP contribution in [-0.4, -0.2) is 58.0 Å². The Bertz CT molecular complexity index is 1790. The highest BCUT2D eigenvalue weighted by molar-refractivity contribution is 7.92. The Morgan fingerprint density at radius 3 is 2.12 bits per heavy atom. The standard InChI is InChI=1S/C36H39ClFN3O6S/c1-5-25(2)39-36(43)32(21-26-9-7-6-8-10-26)40(23-27-11-15-29(38)16-12-27)35(42)24-41(30-17-13-28(37)14-18-30)48(44,45)31-19-20-33(46-3)34(22-31)47-4/h6-20,22,25,32H,5,21,23-24H2,1-4H3,(H,39,43)/t25-,32-/m0/s1. The Morgan fingerprint density at radius 1 is 0.875 bits per heavy atom. The molecule has 4 rings (SSSR count). The number of amides is 2. The molecule has 0 aliphatic heterocycles. The molecular formula is C36H39ClFN3O6S. The van der Waals surface area contributed by atoms with E-state index < -0.39 is 40.2 Å². The van der Waals surface area contributed by atoms with Crippen LogP contribution in [0, 0.1) is 5.82 Å². The molecule has 254 valence electrons. The van der Waals surface area contributed by atoms with Gasteiger partial charge in [0, 0.05) is 30.1 Å². The molecule has 12 heteroatoms. The van der Waals surface area contributed by atoms with Gasteiger partial charge in [-0.05, 0) is 73.0 Å². The van der Waals surface area contributed by atoms with Gasteiger partial charge in [-0.1, -0.05) is 61.0 Å². The van der Waals surface area contributed by atoms with E-state index in [1.165, 1.54) is 85.8 Å². The zero-order valence-electron chi connectivity index (χ0n) is 27.2. The van der Waals surface area contributed by atoms with E-state index in [1.54, 1.807) is 0 Å². The van der Waals surface area contributed by atoms with Gasteiger partial charge in [0.25, 0.3) is 10.0 Å². The summed E-state index contributed by atoms with van der Waals surface area (Å²) < 4.78 is 54.1. The van der Waals surface area contributed by atoms with Crippen molar-refractivity contribution >= 4 is 39.1 Å². The van der Waals surface area contributed by atoms with Gasteiger partial charge in [0.1, 0.15) is 18.4 Å². The fourth-order valence-corrected chi connectivity index (χ4v) is 6.58. The normalized spacial score (nSPS) is 12.5. The Labute approximate surface area is 286 Å². The molecule has 0 fully saturated rings. The third kappa shape index (κ3) is 9.05. The summed E-state index contributed by atoms with van der Waals surface area (Å²) in [7, 11) is -1.58. The highest BCUT2D eigenvalue weighted by atomic mass is 35.5. The molecule has 0 unspecified atom stereocenters. The quantitative estimate of drug-likeness (QED) is 0.158. The average molecular weight is 696 g/mol. The molecule has 2 amide bonds. The number of rotatable bonds is 15. The van der Waals surface area contributed by atoms with Crippen LogP contribution in [0.15, 0.2) is 102 Å². The van der Waals surface area contributed by atoms with Crippen LogP contribution in [0.3, 0.4) is 0 Å². The van der Waals surface area contributed by atoms with Gasteiger partial charge in [0.05, 0.1) is 24.8 Å². The monoisotopic (exact) mass is 695 g/mol. The zero-order chi connectivity index (χ0) is 34.8. The van der Waals surface area contributed by atoms with E-state index in [2.05, 4.69) is 5.32 Å². The minimum Gasteiger partial charge on any atom is -0.493 e. The van der Waals surface area contributed by atoms with E-state index in [4.69, 9.17) is 21.1 Å². The SMILES string of the molecule is CC[C@H](C)NC(=O)[C@H](Cc1ccccc1)N(Cc1ccc(F)cc1)C(=O)CN(c1ccc(Cl)cc1)S(=O)(=O)c1ccc(OC)c(OC)c1. The average Bonchev–Trinajstić information content (AvgIpc) is 3.09. The summed E-state index contributed by atoms with van der Waals surface area (Å²) in [4.78, 5) is 29.7. The van der Waals surface area contributed by atoms with E-state index in [0.717, 1.165) is 9.87 Å². The zero-order valence-corrected chi connectivity index (χ0v) is 28.8. The molecule has 0 aromatic heterocycles. The minimum atomic E-state index is -4.40. The maximum absolute atomic E-state index is 14.6. The van der Waals surface area contributed by atoms with Crippen LogP contribution in [0.25, 0.3) is 0 Å². The summed E-state index contributed by atoms with van der Waals surface area (Å²) in [5.74, 6) is -0.999. The number of benzene rings is 4. The number of carbonyl (C=O) groups excluding carboxylic acids is 2. The number of nitrogens with zero attached hydrogens (tertiary/aromatic N) is 2. The smallest absolute Gasteiger partial charge is 0.264 e. The number of anilines is 1. The van der Waals surface area contributed by atoms with Gasteiger partial charge >= 0.3 is 0 Å². The second-order valence-electron chi connectivity index (χ2n) is 11.2. The van der Waals surface area contributed by atoms with Crippen LogP contribution in [0.2, 0.25) is 5.02 Å². The molecule has 0 radical (unpaired) electrons. The summed E-state index contributed by atoms with van der Waals surface area (Å²) >= 11 is 6.14. The first-order chi connectivity index (χ1) is 23.0. The first kappa shape index (κ1) is 36.2. The molecule has 0 saturated heterocycles. The first-order valence-corrected chi connectivity index (χ1v) is 17.2. The van der Waals surface area contributed by atoms with Crippen molar-refractivity contribution in [2.24, 2.45) is 0 Å². The van der Waals surface area contributed by atoms with E-state index in [1.807, 2.05) is 44.2 Å². The van der Waals surface area contributed by atoms with Crippen LogP contribution in [0.4, 0.5) is 10.1 Å². The number of hydrogen-bond donors (Lipinski definition) is 1. The number of halogens is 2. The predicted octanol–water partition coefficient (Wildman–Crippen LogP) is 6.25. The van der Waals surface area contributed by atoms with E-state index in [0.29, 0.717) is 22.8 Å². The van der Waals surface area contributed by atoms with Crippen LogP contribution in [0.5, 0.6) is 11.5 Å². The maximum Gasteiger partial charge on any atom is 0.264 e. The fraction of sp³-hybridized carbons (Fsp3) is 0.278. The Kier molecular flexibility index (Phi) is 12.4. The molecular weight excluding hydrogens is 657 g/mol. The lowest BCUT2D eigenvalue weighted by molar-refractivity contribution is -0.140. The van der Waals surface area contributed by atoms with Crippen molar-refractivity contribution in [2.75, 3.05) is 25.1 Å². The van der Waals surface area contributed by atoms with Gasteiger partial charge in [-0.3, -0.25) is 13.9 Å². The van der Waals surface area contributed by atoms with Crippen molar-refractivity contribution in [1.29, 1.82) is 0 Å². The summed E-state index contributed by atoms with van der Waals surface area (Å²) in [6, 6.07) is 23.8. The molecule has 4 aromatic rings. The summed E-state index contributed by atoms with van der Waals surface area (Å²) in [5.41, 5.74) is 1.53. The van der Waals surface area contributed by atoms with Crippen molar-refractivity contribution < 1.29 is 31.9 Å². The van der Waals surface area contributed by atoms with E-state index >= 15 is 0 Å². The number of sulfonamides is 1. The molecule has 4 aromatic carbocycles. The molecule has 2 atom stereocenters. The van der Waals surface area contributed by atoms with Crippen molar-refractivity contribution in [3.05, 3.63) is 119 Å². The second kappa shape index (κ2) is 16.5. The molecule has 0 aliphatic rings. The molecule has 0 heterocycles. The molecule has 48 heavy (non-hydrogen) atoms. The maximum atomic E-state index is 14.6. The van der Waals surface area contributed by atoms with Gasteiger partial charge < -0.3 is 19.7 Å². The molecule has 9 nitrogen and oxygen atoms in total. The topological polar surface area (TPSA) is 105 Å². The van der Waals surface area contributed by atoms with E-state index in [9.17, 15) is 22.4 Å². The van der Waals surface area contributed by atoms with Crippen LogP contribution in [-0.2, 0) is 32.6 Å². The minimum absolute atomic E-state index is 0.0879. The largest absolute Gasteiger partial charge is 0.493 e. The van der Waals surface area contributed by atoms with Gasteiger partial charge in [-0.25, -0.2) is 12.8 Å². The van der Waals surface area contributed by atoms with Crippen molar-refractivity contribution in [1.82, 2.24) is 10.2 Å². The second-order valence-corrected chi connectivity index (χ2v) is 13.5. The molecule has 0 aliphatic carbocycles. The van der Waals surface area contributed by atoms with Crippen molar-refractivity contribution in [2.45, 2.75) is 50.2 Å². The molecule has 0 saturated carbocycles. The van der Waals surface area contributed by atoms with Gasteiger partial charge in [0.15, 0.2) is 11.5 Å². The molecule has 0 bridgehead atoms. The Hall–Kier alpha value is -4.61. The van der Waals surface area contributed by atoms with Crippen LogP contribution >= 0.6 is 11.6 Å². The number of methoxy groups -OCH3 is 2. The van der Waals surface area contributed by atoms with Gasteiger partial charge in [0.2, 0.25) is 11.8 Å². The number of nitrogens with one attached hydrogen (secondary N) is 1. The van der Waals surface area contributed by atoms with Crippen molar-refractivity contribution in [3.8, 4) is 11.5 Å². The Balaban J connectivity index is 1.82. The summed E-state index contributed by atoms with van der Waals surface area (Å²) in [5, 5.41) is 3.36. The third-order valence-electron chi connectivity index (χ3n) is 7.87. The highest BCUT2D eigenvalue weighted by Gasteiger charge is 2.35. The van der Waals surface area contributed by atoms with Crippen molar-refractivity contribution in [3.63, 3.8) is 0 Å². The number of ether oxygens (including phenoxy) is 2. The summed E-state index contributed by atoms with van der Waals surface area (Å²) in [6.45, 7) is 3.04. The van der Waals surface area contributed by atoms with Gasteiger partial charge in [-0.15, -0.1) is 0 Å². The van der Waals surface area contributed by atoms with Crippen LogP contribution < -0.4 is 19.1 Å². The molecule has 0 spiro atoms. The predicted molar refractivity (Wildman–Crippen MR) is 184 cm³/mol.